The van der Waals surface area contributed by atoms with Crippen molar-refractivity contribution in [3.05, 3.63) is 81.5 Å². The van der Waals surface area contributed by atoms with Crippen molar-refractivity contribution in [2.75, 3.05) is 5.32 Å². The Balaban J connectivity index is 1.74. The largest absolute Gasteiger partial charge is 0.305 e. The Morgan fingerprint density at radius 1 is 1.08 bits per heavy atom. The van der Waals surface area contributed by atoms with Gasteiger partial charge in [0.15, 0.2) is 5.82 Å². The third-order valence-electron chi connectivity index (χ3n) is 3.55. The van der Waals surface area contributed by atoms with Crippen LogP contribution in [0.25, 0.3) is 0 Å². The van der Waals surface area contributed by atoms with E-state index in [0.29, 0.717) is 28.0 Å². The number of nitrogens with one attached hydrogen (secondary N) is 1. The summed E-state index contributed by atoms with van der Waals surface area (Å²) in [5.41, 5.74) is 2.52. The first-order valence-corrected chi connectivity index (χ1v) is 8.13. The van der Waals surface area contributed by atoms with Crippen LogP contribution in [0.1, 0.15) is 21.6 Å². The van der Waals surface area contributed by atoms with Gasteiger partial charge in [0.05, 0.1) is 6.54 Å². The predicted molar refractivity (Wildman–Crippen MR) is 96.9 cm³/mol. The van der Waals surface area contributed by atoms with Crippen LogP contribution in [0.3, 0.4) is 0 Å². The molecule has 122 valence electrons. The van der Waals surface area contributed by atoms with Gasteiger partial charge in [0, 0.05) is 27.4 Å². The minimum atomic E-state index is -0.223. The van der Waals surface area contributed by atoms with Crippen LogP contribution in [0.5, 0.6) is 0 Å². The van der Waals surface area contributed by atoms with Gasteiger partial charge < -0.3 is 5.32 Å². The lowest BCUT2D eigenvalue weighted by Gasteiger charge is -2.05. The summed E-state index contributed by atoms with van der Waals surface area (Å²) >= 11 is 11.8. The molecule has 0 saturated heterocycles. The molecule has 6 heteroatoms. The second-order valence-corrected chi connectivity index (χ2v) is 6.29. The molecule has 3 rings (SSSR count). The average Bonchev–Trinajstić information content (AvgIpc) is 2.87. The molecule has 0 aliphatic rings. The van der Waals surface area contributed by atoms with Crippen LogP contribution in [-0.4, -0.2) is 15.7 Å². The smallest absolute Gasteiger partial charge is 0.256 e. The summed E-state index contributed by atoms with van der Waals surface area (Å²) < 4.78 is 1.82. The van der Waals surface area contributed by atoms with Crippen molar-refractivity contribution < 1.29 is 4.79 Å². The Morgan fingerprint density at radius 3 is 2.54 bits per heavy atom. The maximum absolute atomic E-state index is 12.2. The Labute approximate surface area is 150 Å². The lowest BCUT2D eigenvalue weighted by atomic mass is 10.2. The van der Waals surface area contributed by atoms with Crippen molar-refractivity contribution in [3.8, 4) is 0 Å². The van der Waals surface area contributed by atoms with Crippen molar-refractivity contribution in [2.24, 2.45) is 0 Å². The van der Waals surface area contributed by atoms with Crippen LogP contribution in [0.4, 0.5) is 5.82 Å². The number of benzene rings is 2. The molecule has 0 radical (unpaired) electrons. The molecule has 3 aromatic rings. The number of halogens is 2. The van der Waals surface area contributed by atoms with E-state index >= 15 is 0 Å². The molecule has 0 fully saturated rings. The monoisotopic (exact) mass is 359 g/mol. The van der Waals surface area contributed by atoms with Crippen molar-refractivity contribution >= 4 is 34.9 Å². The van der Waals surface area contributed by atoms with Crippen molar-refractivity contribution in [2.45, 2.75) is 13.5 Å². The number of aryl methyl sites for hydroxylation is 1. The highest BCUT2D eigenvalue weighted by atomic mass is 35.5. The fourth-order valence-corrected chi connectivity index (χ4v) is 2.67. The van der Waals surface area contributed by atoms with Crippen LogP contribution in [0.2, 0.25) is 10.0 Å². The van der Waals surface area contributed by atoms with Gasteiger partial charge in [-0.15, -0.1) is 0 Å². The summed E-state index contributed by atoms with van der Waals surface area (Å²) in [7, 11) is 0. The van der Waals surface area contributed by atoms with Gasteiger partial charge in [0.25, 0.3) is 5.91 Å². The first-order chi connectivity index (χ1) is 11.5. The summed E-state index contributed by atoms with van der Waals surface area (Å²) in [6.07, 6.45) is 0. The molecule has 0 atom stereocenters. The number of hydrogen-bond acceptors (Lipinski definition) is 2. The topological polar surface area (TPSA) is 46.9 Å². The second-order valence-electron chi connectivity index (χ2n) is 5.42. The van der Waals surface area contributed by atoms with E-state index in [9.17, 15) is 4.79 Å². The van der Waals surface area contributed by atoms with Crippen LogP contribution in [-0.2, 0) is 6.54 Å². The molecule has 0 unspecified atom stereocenters. The molecule has 0 aliphatic carbocycles. The van der Waals surface area contributed by atoms with Gasteiger partial charge in [0.2, 0.25) is 0 Å². The lowest BCUT2D eigenvalue weighted by molar-refractivity contribution is 0.102. The highest BCUT2D eigenvalue weighted by Crippen LogP contribution is 2.16. The van der Waals surface area contributed by atoms with Gasteiger partial charge in [-0.2, -0.15) is 5.10 Å². The zero-order chi connectivity index (χ0) is 17.1. The summed E-state index contributed by atoms with van der Waals surface area (Å²) in [6, 6.07) is 16.2. The van der Waals surface area contributed by atoms with Gasteiger partial charge in [0.1, 0.15) is 0 Å². The number of hydrogen-bond donors (Lipinski definition) is 1. The van der Waals surface area contributed by atoms with E-state index in [0.717, 1.165) is 11.3 Å². The molecule has 24 heavy (non-hydrogen) atoms. The molecule has 0 aliphatic heterocycles. The van der Waals surface area contributed by atoms with Crippen LogP contribution in [0.15, 0.2) is 54.6 Å². The van der Waals surface area contributed by atoms with E-state index in [4.69, 9.17) is 23.2 Å². The molecule has 1 heterocycles. The van der Waals surface area contributed by atoms with Crippen molar-refractivity contribution in [3.63, 3.8) is 0 Å². The summed E-state index contributed by atoms with van der Waals surface area (Å²) in [5.74, 6) is 0.286. The van der Waals surface area contributed by atoms with Crippen molar-refractivity contribution in [1.82, 2.24) is 9.78 Å². The minimum absolute atomic E-state index is 0.223. The second kappa shape index (κ2) is 7.07. The zero-order valence-electron chi connectivity index (χ0n) is 13.0. The summed E-state index contributed by atoms with van der Waals surface area (Å²) in [6.45, 7) is 2.53. The molecule has 2 aromatic carbocycles. The number of nitrogens with zero attached hydrogens (tertiary/aromatic N) is 2. The van der Waals surface area contributed by atoms with Gasteiger partial charge >= 0.3 is 0 Å². The number of amides is 1. The molecule has 0 bridgehead atoms. The molecule has 0 spiro atoms. The van der Waals surface area contributed by atoms with Crippen molar-refractivity contribution in [1.29, 1.82) is 0 Å². The van der Waals surface area contributed by atoms with E-state index in [1.807, 2.05) is 41.9 Å². The third kappa shape index (κ3) is 3.96. The lowest BCUT2D eigenvalue weighted by Crippen LogP contribution is -2.12. The SMILES string of the molecule is Cc1cc(NC(=O)c2ccc(Cl)cc2)nn1Cc1cccc(Cl)c1. The summed E-state index contributed by atoms with van der Waals surface area (Å²) in [4.78, 5) is 12.2. The van der Waals surface area contributed by atoms with Crippen LogP contribution < -0.4 is 5.32 Å². The number of anilines is 1. The number of carbonyl (C=O) groups is 1. The van der Waals surface area contributed by atoms with Crippen LogP contribution >= 0.6 is 23.2 Å². The van der Waals surface area contributed by atoms with E-state index in [-0.39, 0.29) is 5.91 Å². The number of carbonyl (C=O) groups excluding carboxylic acids is 1. The molecule has 1 amide bonds. The third-order valence-corrected chi connectivity index (χ3v) is 4.04. The van der Waals surface area contributed by atoms with Gasteiger partial charge in [-0.3, -0.25) is 9.48 Å². The molecule has 1 aromatic heterocycles. The first-order valence-electron chi connectivity index (χ1n) is 7.37. The Hall–Kier alpha value is -2.30. The molecular formula is C18H15Cl2N3O. The fraction of sp³-hybridized carbons (Fsp3) is 0.111. The van der Waals surface area contributed by atoms with Crippen LogP contribution in [0, 0.1) is 6.92 Å². The van der Waals surface area contributed by atoms with Gasteiger partial charge in [-0.1, -0.05) is 35.3 Å². The fourth-order valence-electron chi connectivity index (χ4n) is 2.33. The maximum atomic E-state index is 12.2. The standard InChI is InChI=1S/C18H15Cl2N3O/c1-12-9-17(21-18(24)14-5-7-15(19)8-6-14)22-23(12)11-13-3-2-4-16(20)10-13/h2-10H,11H2,1H3,(H,21,22,24). The summed E-state index contributed by atoms with van der Waals surface area (Å²) in [5, 5.41) is 8.51. The highest BCUT2D eigenvalue weighted by Gasteiger charge is 2.10. The van der Waals surface area contributed by atoms with E-state index in [1.165, 1.54) is 0 Å². The average molecular weight is 360 g/mol. The quantitative estimate of drug-likeness (QED) is 0.727. The van der Waals surface area contributed by atoms with Gasteiger partial charge in [-0.25, -0.2) is 0 Å². The predicted octanol–water partition coefficient (Wildman–Crippen LogP) is 4.80. The highest BCUT2D eigenvalue weighted by molar-refractivity contribution is 6.31. The zero-order valence-corrected chi connectivity index (χ0v) is 14.5. The normalized spacial score (nSPS) is 10.6. The van der Waals surface area contributed by atoms with E-state index < -0.39 is 0 Å². The maximum Gasteiger partial charge on any atom is 0.256 e. The van der Waals surface area contributed by atoms with E-state index in [1.54, 1.807) is 24.3 Å². The molecule has 0 saturated carbocycles. The molecule has 1 N–H and O–H groups in total. The van der Waals surface area contributed by atoms with Gasteiger partial charge in [-0.05, 0) is 48.9 Å². The first kappa shape index (κ1) is 16.6. The molecular weight excluding hydrogens is 345 g/mol. The minimum Gasteiger partial charge on any atom is -0.305 e. The Kier molecular flexibility index (Phi) is 4.88. The Morgan fingerprint density at radius 2 is 1.83 bits per heavy atom. The number of rotatable bonds is 4. The Bertz CT molecular complexity index is 872. The van der Waals surface area contributed by atoms with E-state index in [2.05, 4.69) is 10.4 Å². The molecule has 4 nitrogen and oxygen atoms in total. The number of aromatic nitrogens is 2.